The van der Waals surface area contributed by atoms with Gasteiger partial charge >= 0.3 is 6.09 Å². The van der Waals surface area contributed by atoms with Crippen LogP contribution in [0.2, 0.25) is 0 Å². The second kappa shape index (κ2) is 7.95. The summed E-state index contributed by atoms with van der Waals surface area (Å²) in [7, 11) is 0. The number of nitrogens with one attached hydrogen (secondary N) is 1. The third-order valence-corrected chi connectivity index (χ3v) is 3.60. The van der Waals surface area contributed by atoms with Crippen molar-refractivity contribution >= 4 is 11.8 Å². The van der Waals surface area contributed by atoms with Crippen LogP contribution in [0.4, 0.5) is 10.5 Å². The minimum absolute atomic E-state index is 0.0488. The molecule has 7 heteroatoms. The van der Waals surface area contributed by atoms with Crippen molar-refractivity contribution in [2.24, 2.45) is 0 Å². The predicted molar refractivity (Wildman–Crippen MR) is 99.0 cm³/mol. The number of rotatable bonds is 5. The fourth-order valence-electron chi connectivity index (χ4n) is 2.35. The first-order valence-electron chi connectivity index (χ1n) is 8.35. The van der Waals surface area contributed by atoms with Gasteiger partial charge in [-0.25, -0.2) is 9.78 Å². The lowest BCUT2D eigenvalue weighted by molar-refractivity contribution is -0.384. The second-order valence-corrected chi connectivity index (χ2v) is 7.01. The monoisotopic (exact) mass is 357 g/mol. The normalized spacial score (nSPS) is 12.3. The summed E-state index contributed by atoms with van der Waals surface area (Å²) in [5, 5.41) is 14.0. The zero-order chi connectivity index (χ0) is 19.3. The van der Waals surface area contributed by atoms with Gasteiger partial charge < -0.3 is 10.1 Å². The maximum Gasteiger partial charge on any atom is 0.407 e. The van der Waals surface area contributed by atoms with Gasteiger partial charge in [0.15, 0.2) is 0 Å². The standard InChI is InChI=1S/C19H23N3O4/c1-13(12-20-18(23)26-19(2,3)4)15-10-11-16(22(24)25)17(21-15)14-8-6-5-7-9-14/h5-11,13H,12H2,1-4H3,(H,20,23). The van der Waals surface area contributed by atoms with Gasteiger partial charge in [-0.15, -0.1) is 0 Å². The molecule has 1 amide bonds. The van der Waals surface area contributed by atoms with Crippen LogP contribution in [0.15, 0.2) is 42.5 Å². The minimum atomic E-state index is -0.570. The van der Waals surface area contributed by atoms with E-state index in [-0.39, 0.29) is 11.6 Å². The van der Waals surface area contributed by atoms with E-state index in [2.05, 4.69) is 10.3 Å². The van der Waals surface area contributed by atoms with Gasteiger partial charge in [0.05, 0.1) is 4.92 Å². The summed E-state index contributed by atoms with van der Waals surface area (Å²) in [6.07, 6.45) is -0.505. The molecule has 1 aromatic heterocycles. The number of hydrogen-bond donors (Lipinski definition) is 1. The SMILES string of the molecule is CC(CNC(=O)OC(C)(C)C)c1ccc([N+](=O)[O-])c(-c2ccccc2)n1. The van der Waals surface area contributed by atoms with Gasteiger partial charge in [-0.2, -0.15) is 0 Å². The van der Waals surface area contributed by atoms with Crippen LogP contribution >= 0.6 is 0 Å². The Kier molecular flexibility index (Phi) is 5.92. The average molecular weight is 357 g/mol. The van der Waals surface area contributed by atoms with E-state index in [0.29, 0.717) is 23.5 Å². The molecule has 0 saturated carbocycles. The van der Waals surface area contributed by atoms with Crippen molar-refractivity contribution in [2.75, 3.05) is 6.54 Å². The Labute approximate surface area is 152 Å². The van der Waals surface area contributed by atoms with Gasteiger partial charge in [-0.3, -0.25) is 10.1 Å². The summed E-state index contributed by atoms with van der Waals surface area (Å²) in [4.78, 5) is 27.1. The number of nitrogens with zero attached hydrogens (tertiary/aromatic N) is 2. The van der Waals surface area contributed by atoms with Crippen LogP contribution in [0, 0.1) is 10.1 Å². The number of amides is 1. The third kappa shape index (κ3) is 5.27. The van der Waals surface area contributed by atoms with Crippen molar-refractivity contribution < 1.29 is 14.5 Å². The van der Waals surface area contributed by atoms with E-state index in [9.17, 15) is 14.9 Å². The van der Waals surface area contributed by atoms with E-state index in [4.69, 9.17) is 4.74 Å². The first-order chi connectivity index (χ1) is 12.2. The number of hydrogen-bond acceptors (Lipinski definition) is 5. The molecule has 0 bridgehead atoms. The Hall–Kier alpha value is -2.96. The highest BCUT2D eigenvalue weighted by atomic mass is 16.6. The molecular weight excluding hydrogens is 334 g/mol. The summed E-state index contributed by atoms with van der Waals surface area (Å²) in [5.74, 6) is -0.134. The summed E-state index contributed by atoms with van der Waals surface area (Å²) < 4.78 is 5.21. The van der Waals surface area contributed by atoms with Gasteiger partial charge in [0.1, 0.15) is 11.3 Å². The summed E-state index contributed by atoms with van der Waals surface area (Å²) in [5.41, 5.74) is 1.03. The molecule has 1 aromatic carbocycles. The minimum Gasteiger partial charge on any atom is -0.444 e. The summed E-state index contributed by atoms with van der Waals surface area (Å²) in [6, 6.07) is 12.1. The lowest BCUT2D eigenvalue weighted by Crippen LogP contribution is -2.34. The van der Waals surface area contributed by atoms with Crippen LogP contribution in [0.5, 0.6) is 0 Å². The van der Waals surface area contributed by atoms with E-state index in [0.717, 1.165) is 0 Å². The van der Waals surface area contributed by atoms with Crippen molar-refractivity contribution in [3.05, 3.63) is 58.3 Å². The van der Waals surface area contributed by atoms with Crippen molar-refractivity contribution in [1.82, 2.24) is 10.3 Å². The van der Waals surface area contributed by atoms with E-state index >= 15 is 0 Å². The molecule has 0 aliphatic rings. The summed E-state index contributed by atoms with van der Waals surface area (Å²) >= 11 is 0. The molecule has 1 heterocycles. The number of benzene rings is 1. The van der Waals surface area contributed by atoms with Crippen molar-refractivity contribution in [1.29, 1.82) is 0 Å². The van der Waals surface area contributed by atoms with Crippen LogP contribution in [0.25, 0.3) is 11.3 Å². The molecule has 138 valence electrons. The van der Waals surface area contributed by atoms with Crippen LogP contribution in [0.1, 0.15) is 39.3 Å². The fraction of sp³-hybridized carbons (Fsp3) is 0.368. The third-order valence-electron chi connectivity index (χ3n) is 3.60. The Morgan fingerprint density at radius 3 is 2.46 bits per heavy atom. The highest BCUT2D eigenvalue weighted by Gasteiger charge is 2.21. The lowest BCUT2D eigenvalue weighted by Gasteiger charge is -2.20. The molecule has 0 saturated heterocycles. The lowest BCUT2D eigenvalue weighted by atomic mass is 10.0. The van der Waals surface area contributed by atoms with Crippen molar-refractivity contribution in [3.63, 3.8) is 0 Å². The van der Waals surface area contributed by atoms with Gasteiger partial charge in [-0.1, -0.05) is 37.3 Å². The molecule has 0 spiro atoms. The molecular formula is C19H23N3O4. The average Bonchev–Trinajstić information content (AvgIpc) is 2.58. The molecule has 26 heavy (non-hydrogen) atoms. The Morgan fingerprint density at radius 2 is 1.88 bits per heavy atom. The second-order valence-electron chi connectivity index (χ2n) is 7.01. The van der Waals surface area contributed by atoms with E-state index in [1.807, 2.05) is 13.0 Å². The highest BCUT2D eigenvalue weighted by Crippen LogP contribution is 2.29. The molecule has 2 rings (SSSR count). The van der Waals surface area contributed by atoms with Gasteiger partial charge in [0.2, 0.25) is 0 Å². The molecule has 1 N–H and O–H groups in total. The molecule has 2 aromatic rings. The topological polar surface area (TPSA) is 94.4 Å². The van der Waals surface area contributed by atoms with Gasteiger partial charge in [0.25, 0.3) is 5.69 Å². The molecule has 0 aliphatic carbocycles. The maximum atomic E-state index is 11.8. The van der Waals surface area contributed by atoms with Crippen LogP contribution in [-0.4, -0.2) is 28.1 Å². The van der Waals surface area contributed by atoms with Crippen LogP contribution in [0.3, 0.4) is 0 Å². The first kappa shape index (κ1) is 19.4. The molecule has 1 atom stereocenters. The Balaban J connectivity index is 2.19. The first-order valence-corrected chi connectivity index (χ1v) is 8.35. The van der Waals surface area contributed by atoms with Gasteiger partial charge in [0, 0.05) is 29.8 Å². The zero-order valence-corrected chi connectivity index (χ0v) is 15.4. The maximum absolute atomic E-state index is 11.8. The number of nitro groups is 1. The highest BCUT2D eigenvalue weighted by molar-refractivity contribution is 5.70. The van der Waals surface area contributed by atoms with Crippen LogP contribution < -0.4 is 5.32 Å². The molecule has 7 nitrogen and oxygen atoms in total. The summed E-state index contributed by atoms with van der Waals surface area (Å²) in [6.45, 7) is 7.58. The van der Waals surface area contributed by atoms with Crippen molar-refractivity contribution in [2.45, 2.75) is 39.2 Å². The Morgan fingerprint density at radius 1 is 1.23 bits per heavy atom. The quantitative estimate of drug-likeness (QED) is 0.636. The molecule has 1 unspecified atom stereocenters. The van der Waals surface area contributed by atoms with Gasteiger partial charge in [-0.05, 0) is 26.8 Å². The van der Waals surface area contributed by atoms with E-state index < -0.39 is 16.6 Å². The van der Waals surface area contributed by atoms with Crippen LogP contribution in [-0.2, 0) is 4.74 Å². The van der Waals surface area contributed by atoms with E-state index in [1.54, 1.807) is 51.1 Å². The number of alkyl carbamates (subject to hydrolysis) is 1. The zero-order valence-electron chi connectivity index (χ0n) is 15.4. The molecule has 0 radical (unpaired) electrons. The number of pyridine rings is 1. The number of ether oxygens (including phenoxy) is 1. The predicted octanol–water partition coefficient (Wildman–Crippen LogP) is 4.29. The van der Waals surface area contributed by atoms with E-state index in [1.165, 1.54) is 6.07 Å². The largest absolute Gasteiger partial charge is 0.444 e. The fourth-order valence-corrected chi connectivity index (χ4v) is 2.35. The number of carbonyl (C=O) groups is 1. The number of aromatic nitrogens is 1. The van der Waals surface area contributed by atoms with Crippen molar-refractivity contribution in [3.8, 4) is 11.3 Å². The molecule has 0 fully saturated rings. The number of carbonyl (C=O) groups excluding carboxylic acids is 1. The smallest absolute Gasteiger partial charge is 0.407 e. The Bertz CT molecular complexity index is 785. The molecule has 0 aliphatic heterocycles.